The van der Waals surface area contributed by atoms with Gasteiger partial charge < -0.3 is 20.1 Å². The molecule has 3 rings (SSSR count). The number of nitrogens with one attached hydrogen (secondary N) is 1. The fraction of sp³-hybridized carbons (Fsp3) is 0.0625. The molecule has 0 radical (unpaired) electrons. The molecule has 0 spiro atoms. The van der Waals surface area contributed by atoms with Crippen molar-refractivity contribution in [3.63, 3.8) is 0 Å². The second-order valence-corrected chi connectivity index (χ2v) is 4.99. The van der Waals surface area contributed by atoms with E-state index in [9.17, 15) is 14.7 Å². The molecular weight excluding hydrogens is 328 g/mol. The number of aliphatic carboxylic acids is 1. The van der Waals surface area contributed by atoms with E-state index in [1.807, 2.05) is 6.07 Å². The minimum absolute atomic E-state index is 0.143. The van der Waals surface area contributed by atoms with Crippen molar-refractivity contribution in [1.29, 1.82) is 5.26 Å². The van der Waals surface area contributed by atoms with E-state index >= 15 is 0 Å². The highest BCUT2D eigenvalue weighted by Crippen LogP contribution is 2.35. The largest absolute Gasteiger partial charge is 0.505 e. The Kier molecular flexibility index (Phi) is 4.01. The number of rotatable bonds is 4. The van der Waals surface area contributed by atoms with Crippen molar-refractivity contribution >= 4 is 22.8 Å². The van der Waals surface area contributed by atoms with Crippen LogP contribution in [0.4, 0.5) is 0 Å². The molecule has 2 heterocycles. The number of nitriles is 1. The van der Waals surface area contributed by atoms with Crippen LogP contribution >= 0.6 is 0 Å². The van der Waals surface area contributed by atoms with Crippen LogP contribution in [0.15, 0.2) is 35.0 Å². The first kappa shape index (κ1) is 15.9. The maximum Gasteiger partial charge on any atom is 0.322 e. The molecular formula is C16H10N4O5. The van der Waals surface area contributed by atoms with Crippen molar-refractivity contribution in [3.8, 4) is 23.1 Å². The lowest BCUT2D eigenvalue weighted by Crippen LogP contribution is -2.29. The molecule has 25 heavy (non-hydrogen) atoms. The Balaban J connectivity index is 2.10. The van der Waals surface area contributed by atoms with E-state index in [0.29, 0.717) is 11.1 Å². The first-order valence-corrected chi connectivity index (χ1v) is 6.99. The fourth-order valence-corrected chi connectivity index (χ4v) is 2.26. The third kappa shape index (κ3) is 2.96. The number of hydrogen-bond acceptors (Lipinski definition) is 7. The number of carbonyl (C=O) groups is 2. The molecule has 0 bridgehead atoms. The highest BCUT2D eigenvalue weighted by molar-refractivity contribution is 6.05. The Bertz CT molecular complexity index is 1030. The van der Waals surface area contributed by atoms with Crippen LogP contribution in [0.25, 0.3) is 22.2 Å². The fourth-order valence-electron chi connectivity index (χ4n) is 2.26. The number of hydrogen-bond donors (Lipinski definition) is 3. The molecule has 0 fully saturated rings. The quantitative estimate of drug-likeness (QED) is 0.644. The van der Waals surface area contributed by atoms with Gasteiger partial charge in [0.2, 0.25) is 0 Å². The third-order valence-electron chi connectivity index (χ3n) is 3.37. The number of pyridine rings is 1. The number of aromatic nitrogens is 2. The van der Waals surface area contributed by atoms with Crippen molar-refractivity contribution in [1.82, 2.24) is 15.5 Å². The summed E-state index contributed by atoms with van der Waals surface area (Å²) in [5.74, 6) is -2.56. The van der Waals surface area contributed by atoms with Crippen LogP contribution in [0, 0.1) is 11.3 Å². The summed E-state index contributed by atoms with van der Waals surface area (Å²) in [6.07, 6.45) is 1.20. The van der Waals surface area contributed by atoms with Gasteiger partial charge in [0.25, 0.3) is 5.91 Å². The Morgan fingerprint density at radius 2 is 2.16 bits per heavy atom. The maximum absolute atomic E-state index is 12.0. The molecule has 0 saturated carbocycles. The molecule has 0 atom stereocenters. The SMILES string of the molecule is N#Cc1cccc(-c2noc3cnc(C(=O)NCC(=O)O)c(O)c23)c1. The van der Waals surface area contributed by atoms with Gasteiger partial charge in [0.05, 0.1) is 23.2 Å². The lowest BCUT2D eigenvalue weighted by atomic mass is 10.0. The number of aromatic hydroxyl groups is 1. The van der Waals surface area contributed by atoms with E-state index in [-0.39, 0.29) is 22.4 Å². The third-order valence-corrected chi connectivity index (χ3v) is 3.37. The van der Waals surface area contributed by atoms with E-state index in [0.717, 1.165) is 0 Å². The van der Waals surface area contributed by atoms with Crippen LogP contribution in [0.3, 0.4) is 0 Å². The van der Waals surface area contributed by atoms with E-state index < -0.39 is 24.2 Å². The summed E-state index contributed by atoms with van der Waals surface area (Å²) in [5.41, 5.74) is 0.927. The number of benzene rings is 1. The number of carboxylic acids is 1. The summed E-state index contributed by atoms with van der Waals surface area (Å²) in [5, 5.41) is 34.1. The first-order valence-electron chi connectivity index (χ1n) is 6.99. The Morgan fingerprint density at radius 3 is 2.88 bits per heavy atom. The molecule has 124 valence electrons. The van der Waals surface area contributed by atoms with Crippen molar-refractivity contribution < 1.29 is 24.3 Å². The van der Waals surface area contributed by atoms with Crippen molar-refractivity contribution in [2.75, 3.05) is 6.54 Å². The van der Waals surface area contributed by atoms with Gasteiger partial charge in [0, 0.05) is 5.56 Å². The second kappa shape index (κ2) is 6.29. The molecule has 0 unspecified atom stereocenters. The normalized spacial score (nSPS) is 10.4. The second-order valence-electron chi connectivity index (χ2n) is 4.99. The number of carbonyl (C=O) groups excluding carboxylic acids is 1. The topological polar surface area (TPSA) is 149 Å². The zero-order valence-corrected chi connectivity index (χ0v) is 12.6. The zero-order chi connectivity index (χ0) is 18.0. The molecule has 3 aromatic rings. The smallest absolute Gasteiger partial charge is 0.322 e. The molecule has 9 heteroatoms. The van der Waals surface area contributed by atoms with Crippen LogP contribution in [0.5, 0.6) is 5.75 Å². The number of fused-ring (bicyclic) bond motifs is 1. The summed E-state index contributed by atoms with van der Waals surface area (Å²) >= 11 is 0. The van der Waals surface area contributed by atoms with E-state index in [1.54, 1.807) is 24.3 Å². The zero-order valence-electron chi connectivity index (χ0n) is 12.6. The van der Waals surface area contributed by atoms with E-state index in [4.69, 9.17) is 14.9 Å². The Labute approximate surface area is 140 Å². The van der Waals surface area contributed by atoms with Gasteiger partial charge in [-0.2, -0.15) is 5.26 Å². The number of amides is 1. The van der Waals surface area contributed by atoms with Crippen LogP contribution in [0.2, 0.25) is 0 Å². The average molecular weight is 338 g/mol. The van der Waals surface area contributed by atoms with E-state index in [1.165, 1.54) is 6.20 Å². The molecule has 0 aliphatic carbocycles. The predicted octanol–water partition coefficient (Wildman–Crippen LogP) is 1.28. The van der Waals surface area contributed by atoms with Gasteiger partial charge in [0.1, 0.15) is 12.2 Å². The summed E-state index contributed by atoms with van der Waals surface area (Å²) < 4.78 is 5.11. The minimum atomic E-state index is -1.23. The van der Waals surface area contributed by atoms with Gasteiger partial charge in [-0.15, -0.1) is 0 Å². The summed E-state index contributed by atoms with van der Waals surface area (Å²) in [4.78, 5) is 26.3. The highest BCUT2D eigenvalue weighted by Gasteiger charge is 2.22. The van der Waals surface area contributed by atoms with Gasteiger partial charge >= 0.3 is 5.97 Å². The average Bonchev–Trinajstić information content (AvgIpc) is 3.05. The van der Waals surface area contributed by atoms with Crippen LogP contribution in [-0.2, 0) is 4.79 Å². The molecule has 9 nitrogen and oxygen atoms in total. The molecule has 0 aliphatic rings. The van der Waals surface area contributed by atoms with Gasteiger partial charge in [-0.1, -0.05) is 17.3 Å². The lowest BCUT2D eigenvalue weighted by molar-refractivity contribution is -0.135. The van der Waals surface area contributed by atoms with Gasteiger partial charge in [-0.25, -0.2) is 4.98 Å². The Morgan fingerprint density at radius 1 is 1.36 bits per heavy atom. The number of nitrogens with zero attached hydrogens (tertiary/aromatic N) is 3. The molecule has 0 aliphatic heterocycles. The van der Waals surface area contributed by atoms with Crippen molar-refractivity contribution in [2.24, 2.45) is 0 Å². The number of carboxylic acid groups (broad SMARTS) is 1. The predicted molar refractivity (Wildman–Crippen MR) is 83.6 cm³/mol. The summed E-state index contributed by atoms with van der Waals surface area (Å²) in [6.45, 7) is -0.612. The van der Waals surface area contributed by atoms with Crippen molar-refractivity contribution in [2.45, 2.75) is 0 Å². The van der Waals surface area contributed by atoms with Crippen LogP contribution in [-0.4, -0.2) is 38.8 Å². The monoisotopic (exact) mass is 338 g/mol. The summed E-state index contributed by atoms with van der Waals surface area (Å²) in [7, 11) is 0. The van der Waals surface area contributed by atoms with Gasteiger partial charge in [0.15, 0.2) is 17.0 Å². The van der Waals surface area contributed by atoms with Crippen LogP contribution < -0.4 is 5.32 Å². The Hall–Kier alpha value is -3.93. The molecule has 1 amide bonds. The van der Waals surface area contributed by atoms with Crippen LogP contribution in [0.1, 0.15) is 16.1 Å². The highest BCUT2D eigenvalue weighted by atomic mass is 16.5. The molecule has 1 aromatic carbocycles. The molecule has 0 saturated heterocycles. The van der Waals surface area contributed by atoms with E-state index in [2.05, 4.69) is 15.5 Å². The standard InChI is InChI=1S/C16H10N4O5/c17-5-8-2-1-3-9(4-8)13-12-10(25-20-13)6-18-14(15(12)23)16(24)19-7-11(21)22/h1-4,6,23H,7H2,(H,19,24)(H,21,22). The molecule has 3 N–H and O–H groups in total. The first-order chi connectivity index (χ1) is 12.0. The van der Waals surface area contributed by atoms with Crippen molar-refractivity contribution in [3.05, 3.63) is 41.7 Å². The molecule has 2 aromatic heterocycles. The van der Waals surface area contributed by atoms with Gasteiger partial charge in [-0.05, 0) is 12.1 Å². The minimum Gasteiger partial charge on any atom is -0.505 e. The summed E-state index contributed by atoms with van der Waals surface area (Å²) in [6, 6.07) is 8.48. The maximum atomic E-state index is 12.0. The van der Waals surface area contributed by atoms with Gasteiger partial charge in [-0.3, -0.25) is 9.59 Å². The lowest BCUT2D eigenvalue weighted by Gasteiger charge is -2.05.